The maximum Gasteiger partial charge on any atom is 0.224 e. The molecule has 2 amide bonds. The van der Waals surface area contributed by atoms with E-state index >= 15 is 0 Å². The van der Waals surface area contributed by atoms with E-state index in [0.29, 0.717) is 32.4 Å². The maximum absolute atomic E-state index is 11.8. The number of rotatable bonds is 6. The third kappa shape index (κ3) is 4.06. The van der Waals surface area contributed by atoms with Crippen LogP contribution in [-0.2, 0) is 16.1 Å². The second kappa shape index (κ2) is 7.05. The van der Waals surface area contributed by atoms with Crippen molar-refractivity contribution in [2.75, 3.05) is 18.4 Å². The zero-order valence-electron chi connectivity index (χ0n) is 11.6. The number of benzene rings is 1. The summed E-state index contributed by atoms with van der Waals surface area (Å²) in [5, 5.41) is 2.85. The molecule has 0 aliphatic carbocycles. The molecule has 0 unspecified atom stereocenters. The molecule has 1 aliphatic heterocycles. The van der Waals surface area contributed by atoms with Crippen LogP contribution in [0.25, 0.3) is 0 Å². The summed E-state index contributed by atoms with van der Waals surface area (Å²) in [5.41, 5.74) is 7.34. The van der Waals surface area contributed by atoms with E-state index in [2.05, 4.69) is 5.32 Å². The van der Waals surface area contributed by atoms with E-state index in [-0.39, 0.29) is 11.8 Å². The van der Waals surface area contributed by atoms with Gasteiger partial charge in [0.15, 0.2) is 0 Å². The summed E-state index contributed by atoms with van der Waals surface area (Å²) in [4.78, 5) is 25.0. The molecule has 108 valence electrons. The highest BCUT2D eigenvalue weighted by Gasteiger charge is 2.19. The number of hydrogen-bond donors (Lipinski definition) is 2. The Labute approximate surface area is 119 Å². The third-order valence-corrected chi connectivity index (χ3v) is 3.48. The van der Waals surface area contributed by atoms with Gasteiger partial charge in [-0.3, -0.25) is 9.59 Å². The second-order valence-corrected chi connectivity index (χ2v) is 5.04. The van der Waals surface area contributed by atoms with Crippen LogP contribution in [0.1, 0.15) is 31.2 Å². The fourth-order valence-corrected chi connectivity index (χ4v) is 2.32. The van der Waals surface area contributed by atoms with Crippen LogP contribution in [0.15, 0.2) is 24.3 Å². The number of nitrogens with zero attached hydrogens (tertiary/aromatic N) is 1. The SMILES string of the molecule is NCc1ccc(NC(=O)CCCN2CCCC2=O)cc1. The fraction of sp³-hybridized carbons (Fsp3) is 0.467. The summed E-state index contributed by atoms with van der Waals surface area (Å²) >= 11 is 0. The van der Waals surface area contributed by atoms with Gasteiger partial charge in [-0.2, -0.15) is 0 Å². The number of carbonyl (C=O) groups excluding carboxylic acids is 2. The summed E-state index contributed by atoms with van der Waals surface area (Å²) in [5.74, 6) is 0.194. The number of amides is 2. The number of nitrogens with two attached hydrogens (primary N) is 1. The number of hydrogen-bond acceptors (Lipinski definition) is 3. The number of anilines is 1. The standard InChI is InChI=1S/C15H21N3O2/c16-11-12-5-7-13(8-6-12)17-14(19)3-1-9-18-10-2-4-15(18)20/h5-8H,1-4,9-11,16H2,(H,17,19). The molecule has 1 aromatic carbocycles. The average molecular weight is 275 g/mol. The van der Waals surface area contributed by atoms with Crippen LogP contribution in [0.3, 0.4) is 0 Å². The van der Waals surface area contributed by atoms with E-state index in [0.717, 1.165) is 24.2 Å². The van der Waals surface area contributed by atoms with E-state index < -0.39 is 0 Å². The summed E-state index contributed by atoms with van der Waals surface area (Å²) in [6.45, 7) is 2.01. The van der Waals surface area contributed by atoms with E-state index in [9.17, 15) is 9.59 Å². The van der Waals surface area contributed by atoms with Crippen molar-refractivity contribution in [3.8, 4) is 0 Å². The predicted octanol–water partition coefficient (Wildman–Crippen LogP) is 1.49. The number of carbonyl (C=O) groups is 2. The summed E-state index contributed by atoms with van der Waals surface area (Å²) in [6, 6.07) is 7.51. The highest BCUT2D eigenvalue weighted by Crippen LogP contribution is 2.12. The van der Waals surface area contributed by atoms with Gasteiger partial charge >= 0.3 is 0 Å². The van der Waals surface area contributed by atoms with Crippen molar-refractivity contribution < 1.29 is 9.59 Å². The molecule has 3 N–H and O–H groups in total. The minimum atomic E-state index is -0.0165. The summed E-state index contributed by atoms with van der Waals surface area (Å²) < 4.78 is 0. The molecule has 1 aromatic rings. The van der Waals surface area contributed by atoms with Gasteiger partial charge in [0.05, 0.1) is 0 Å². The lowest BCUT2D eigenvalue weighted by molar-refractivity contribution is -0.128. The minimum absolute atomic E-state index is 0.0165. The molecular formula is C15H21N3O2. The van der Waals surface area contributed by atoms with Gasteiger partial charge in [0.2, 0.25) is 11.8 Å². The van der Waals surface area contributed by atoms with Gasteiger partial charge in [0.1, 0.15) is 0 Å². The number of nitrogens with one attached hydrogen (secondary N) is 1. The van der Waals surface area contributed by atoms with Crippen LogP contribution in [-0.4, -0.2) is 29.8 Å². The lowest BCUT2D eigenvalue weighted by atomic mass is 10.2. The van der Waals surface area contributed by atoms with E-state index in [1.165, 1.54) is 0 Å². The Morgan fingerprint density at radius 1 is 1.30 bits per heavy atom. The normalized spacial score (nSPS) is 14.7. The molecule has 0 atom stereocenters. The Kier molecular flexibility index (Phi) is 5.12. The smallest absolute Gasteiger partial charge is 0.224 e. The Morgan fingerprint density at radius 3 is 2.65 bits per heavy atom. The van der Waals surface area contributed by atoms with Crippen LogP contribution >= 0.6 is 0 Å². The molecule has 1 heterocycles. The highest BCUT2D eigenvalue weighted by molar-refractivity contribution is 5.90. The predicted molar refractivity (Wildman–Crippen MR) is 78.0 cm³/mol. The average Bonchev–Trinajstić information content (AvgIpc) is 2.85. The molecule has 1 fully saturated rings. The van der Waals surface area contributed by atoms with Gasteiger partial charge < -0.3 is 16.0 Å². The highest BCUT2D eigenvalue weighted by atomic mass is 16.2. The minimum Gasteiger partial charge on any atom is -0.343 e. The van der Waals surface area contributed by atoms with Gasteiger partial charge in [-0.1, -0.05) is 12.1 Å². The topological polar surface area (TPSA) is 75.4 Å². The molecule has 0 radical (unpaired) electrons. The van der Waals surface area contributed by atoms with Crippen LogP contribution in [0.4, 0.5) is 5.69 Å². The third-order valence-electron chi connectivity index (χ3n) is 3.48. The lowest BCUT2D eigenvalue weighted by Gasteiger charge is -2.14. The first-order valence-corrected chi connectivity index (χ1v) is 7.05. The monoisotopic (exact) mass is 275 g/mol. The van der Waals surface area contributed by atoms with Crippen LogP contribution in [0.5, 0.6) is 0 Å². The molecule has 0 saturated carbocycles. The zero-order chi connectivity index (χ0) is 14.4. The number of likely N-dealkylation sites (tertiary alicyclic amines) is 1. The first-order chi connectivity index (χ1) is 9.69. The lowest BCUT2D eigenvalue weighted by Crippen LogP contribution is -2.26. The molecular weight excluding hydrogens is 254 g/mol. The second-order valence-electron chi connectivity index (χ2n) is 5.04. The molecule has 2 rings (SSSR count). The van der Waals surface area contributed by atoms with Crippen molar-refractivity contribution in [2.24, 2.45) is 5.73 Å². The van der Waals surface area contributed by atoms with Gasteiger partial charge in [-0.15, -0.1) is 0 Å². The van der Waals surface area contributed by atoms with Crippen molar-refractivity contribution in [3.63, 3.8) is 0 Å². The largest absolute Gasteiger partial charge is 0.343 e. The van der Waals surface area contributed by atoms with Crippen LogP contribution in [0, 0.1) is 0 Å². The van der Waals surface area contributed by atoms with Crippen molar-refractivity contribution in [1.82, 2.24) is 4.90 Å². The Morgan fingerprint density at radius 2 is 2.05 bits per heavy atom. The van der Waals surface area contributed by atoms with Crippen LogP contribution in [0.2, 0.25) is 0 Å². The Bertz CT molecular complexity index is 471. The van der Waals surface area contributed by atoms with E-state index in [4.69, 9.17) is 5.73 Å². The molecule has 1 saturated heterocycles. The Hall–Kier alpha value is -1.88. The van der Waals surface area contributed by atoms with Crippen LogP contribution < -0.4 is 11.1 Å². The Balaban J connectivity index is 1.70. The van der Waals surface area contributed by atoms with Gasteiger partial charge in [-0.05, 0) is 30.5 Å². The summed E-state index contributed by atoms with van der Waals surface area (Å²) in [6.07, 6.45) is 2.74. The van der Waals surface area contributed by atoms with E-state index in [1.807, 2.05) is 29.2 Å². The maximum atomic E-state index is 11.8. The van der Waals surface area contributed by atoms with Crippen molar-refractivity contribution in [1.29, 1.82) is 0 Å². The van der Waals surface area contributed by atoms with Crippen molar-refractivity contribution in [3.05, 3.63) is 29.8 Å². The first kappa shape index (κ1) is 14.5. The molecule has 20 heavy (non-hydrogen) atoms. The molecule has 5 nitrogen and oxygen atoms in total. The van der Waals surface area contributed by atoms with Gasteiger partial charge in [0, 0.05) is 38.2 Å². The van der Waals surface area contributed by atoms with Gasteiger partial charge in [-0.25, -0.2) is 0 Å². The molecule has 0 spiro atoms. The molecule has 1 aliphatic rings. The summed E-state index contributed by atoms with van der Waals surface area (Å²) in [7, 11) is 0. The zero-order valence-corrected chi connectivity index (χ0v) is 11.6. The first-order valence-electron chi connectivity index (χ1n) is 7.05. The van der Waals surface area contributed by atoms with Gasteiger partial charge in [0.25, 0.3) is 0 Å². The van der Waals surface area contributed by atoms with E-state index in [1.54, 1.807) is 0 Å². The molecule has 0 bridgehead atoms. The molecule has 0 aromatic heterocycles. The fourth-order valence-electron chi connectivity index (χ4n) is 2.32. The van der Waals surface area contributed by atoms with Crippen molar-refractivity contribution >= 4 is 17.5 Å². The molecule has 5 heteroatoms. The quantitative estimate of drug-likeness (QED) is 0.826. The van der Waals surface area contributed by atoms with Crippen molar-refractivity contribution in [2.45, 2.75) is 32.2 Å².